The number of nitrogens with two attached hydrogens (primary N) is 2. The van der Waals surface area contributed by atoms with E-state index >= 15 is 0 Å². The van der Waals surface area contributed by atoms with Gasteiger partial charge in [-0.1, -0.05) is 19.3 Å². The second-order valence-electron chi connectivity index (χ2n) is 5.33. The Kier molecular flexibility index (Phi) is 5.21. The number of primary amides is 1. The van der Waals surface area contributed by atoms with Gasteiger partial charge in [0.2, 0.25) is 0 Å². The molecule has 2 amide bonds. The quantitative estimate of drug-likeness (QED) is 0.715. The Bertz CT molecular complexity index is 514. The minimum absolute atomic E-state index is 0.0424. The first-order valence-electron chi connectivity index (χ1n) is 7.25. The Morgan fingerprint density at radius 1 is 1.19 bits per heavy atom. The molecule has 7 nitrogen and oxygen atoms in total. The number of carbonyl (C=O) groups excluding carboxylic acids is 2. The van der Waals surface area contributed by atoms with Crippen LogP contribution in [0.1, 0.15) is 53.1 Å². The average Bonchev–Trinajstić information content (AvgIpc) is 2.53. The van der Waals surface area contributed by atoms with Gasteiger partial charge in [0.1, 0.15) is 0 Å². The third-order valence-electron chi connectivity index (χ3n) is 3.94. The molecule has 5 N–H and O–H groups in total. The summed E-state index contributed by atoms with van der Waals surface area (Å²) in [6.07, 6.45) is 8.37. The van der Waals surface area contributed by atoms with Crippen LogP contribution in [0.25, 0.3) is 0 Å². The van der Waals surface area contributed by atoms with Crippen LogP contribution in [-0.4, -0.2) is 34.4 Å². The Labute approximate surface area is 123 Å². The number of nitrogens with zero attached hydrogens (tertiary/aromatic N) is 2. The first-order valence-corrected chi connectivity index (χ1v) is 7.25. The molecule has 21 heavy (non-hydrogen) atoms. The molecule has 1 heterocycles. The summed E-state index contributed by atoms with van der Waals surface area (Å²) >= 11 is 0. The van der Waals surface area contributed by atoms with Crippen LogP contribution in [0.15, 0.2) is 12.4 Å². The molecule has 2 rings (SSSR count). The van der Waals surface area contributed by atoms with E-state index in [0.29, 0.717) is 12.5 Å². The van der Waals surface area contributed by atoms with Crippen molar-refractivity contribution in [2.24, 2.45) is 17.4 Å². The molecule has 1 fully saturated rings. The third-order valence-corrected chi connectivity index (χ3v) is 3.94. The van der Waals surface area contributed by atoms with Gasteiger partial charge in [0.05, 0.1) is 0 Å². The van der Waals surface area contributed by atoms with Gasteiger partial charge in [0.25, 0.3) is 11.8 Å². The van der Waals surface area contributed by atoms with Crippen LogP contribution in [0.5, 0.6) is 0 Å². The number of rotatable bonds is 5. The zero-order valence-electron chi connectivity index (χ0n) is 11.9. The zero-order chi connectivity index (χ0) is 15.2. The Morgan fingerprint density at radius 2 is 1.81 bits per heavy atom. The summed E-state index contributed by atoms with van der Waals surface area (Å²) in [6.45, 7) is 0.364. The van der Waals surface area contributed by atoms with E-state index in [0.717, 1.165) is 25.7 Å². The Balaban J connectivity index is 2.10. The molecule has 1 aliphatic rings. The monoisotopic (exact) mass is 291 g/mol. The molecule has 0 spiro atoms. The van der Waals surface area contributed by atoms with Crippen molar-refractivity contribution in [3.63, 3.8) is 0 Å². The Morgan fingerprint density at radius 3 is 2.38 bits per heavy atom. The predicted molar refractivity (Wildman–Crippen MR) is 77.4 cm³/mol. The molecule has 0 radical (unpaired) electrons. The fraction of sp³-hybridized carbons (Fsp3) is 0.571. The van der Waals surface area contributed by atoms with Gasteiger partial charge >= 0.3 is 0 Å². The van der Waals surface area contributed by atoms with E-state index < -0.39 is 11.8 Å². The lowest BCUT2D eigenvalue weighted by Crippen LogP contribution is -2.46. The van der Waals surface area contributed by atoms with Crippen molar-refractivity contribution >= 4 is 11.8 Å². The first kappa shape index (κ1) is 15.4. The highest BCUT2D eigenvalue weighted by Crippen LogP contribution is 2.26. The van der Waals surface area contributed by atoms with Crippen molar-refractivity contribution in [1.82, 2.24) is 15.3 Å². The molecular weight excluding hydrogens is 270 g/mol. The molecule has 114 valence electrons. The first-order chi connectivity index (χ1) is 10.1. The van der Waals surface area contributed by atoms with Gasteiger partial charge in [-0.3, -0.25) is 9.59 Å². The number of amides is 2. The molecule has 1 aromatic rings. The van der Waals surface area contributed by atoms with Crippen LogP contribution < -0.4 is 16.8 Å². The number of aromatic nitrogens is 2. The maximum absolute atomic E-state index is 12.3. The van der Waals surface area contributed by atoms with Crippen molar-refractivity contribution in [1.29, 1.82) is 0 Å². The standard InChI is InChI=1S/C14H21N5O2/c15-8-10(9-4-2-1-3-5-9)19-14(21)12-11(13(16)20)17-6-7-18-12/h6-7,9-10H,1-5,8,15H2,(H2,16,20)(H,19,21). The maximum atomic E-state index is 12.3. The predicted octanol–water partition coefficient (Wildman–Crippen LogP) is 0.213. The second kappa shape index (κ2) is 7.12. The summed E-state index contributed by atoms with van der Waals surface area (Å²) in [5.74, 6) is -0.838. The van der Waals surface area contributed by atoms with Crippen molar-refractivity contribution in [2.75, 3.05) is 6.54 Å². The van der Waals surface area contributed by atoms with Crippen LogP contribution >= 0.6 is 0 Å². The van der Waals surface area contributed by atoms with E-state index in [-0.39, 0.29) is 17.4 Å². The largest absolute Gasteiger partial charge is 0.364 e. The molecule has 0 saturated heterocycles. The van der Waals surface area contributed by atoms with Crippen molar-refractivity contribution in [3.05, 3.63) is 23.8 Å². The van der Waals surface area contributed by atoms with E-state index in [4.69, 9.17) is 11.5 Å². The number of hydrogen-bond acceptors (Lipinski definition) is 5. The lowest BCUT2D eigenvalue weighted by Gasteiger charge is -2.30. The van der Waals surface area contributed by atoms with Crippen LogP contribution in [0.3, 0.4) is 0 Å². The smallest absolute Gasteiger partial charge is 0.272 e. The van der Waals surface area contributed by atoms with E-state index in [1.807, 2.05) is 0 Å². The van der Waals surface area contributed by atoms with Gasteiger partial charge in [-0.2, -0.15) is 0 Å². The fourth-order valence-electron chi connectivity index (χ4n) is 2.83. The fourth-order valence-corrected chi connectivity index (χ4v) is 2.83. The molecule has 0 aromatic carbocycles. The lowest BCUT2D eigenvalue weighted by atomic mass is 9.84. The minimum atomic E-state index is -0.768. The summed E-state index contributed by atoms with van der Waals surface area (Å²) in [6, 6.07) is -0.111. The molecule has 1 saturated carbocycles. The van der Waals surface area contributed by atoms with Gasteiger partial charge in [-0.15, -0.1) is 0 Å². The summed E-state index contributed by atoms with van der Waals surface area (Å²) in [5, 5.41) is 2.87. The van der Waals surface area contributed by atoms with E-state index in [1.54, 1.807) is 0 Å². The van der Waals surface area contributed by atoms with Gasteiger partial charge in [0.15, 0.2) is 11.4 Å². The summed E-state index contributed by atoms with van der Waals surface area (Å²) in [5.41, 5.74) is 10.8. The molecule has 0 aliphatic heterocycles. The Hall–Kier alpha value is -2.02. The summed E-state index contributed by atoms with van der Waals surface area (Å²) in [4.78, 5) is 31.3. The second-order valence-corrected chi connectivity index (χ2v) is 5.33. The molecule has 1 atom stereocenters. The molecule has 1 unspecified atom stereocenters. The number of carbonyl (C=O) groups is 2. The van der Waals surface area contributed by atoms with Crippen molar-refractivity contribution in [3.8, 4) is 0 Å². The topological polar surface area (TPSA) is 124 Å². The van der Waals surface area contributed by atoms with Crippen LogP contribution in [-0.2, 0) is 0 Å². The molecule has 1 aromatic heterocycles. The van der Waals surface area contributed by atoms with Crippen molar-refractivity contribution < 1.29 is 9.59 Å². The summed E-state index contributed by atoms with van der Waals surface area (Å²) in [7, 11) is 0. The van der Waals surface area contributed by atoms with E-state index in [2.05, 4.69) is 15.3 Å². The van der Waals surface area contributed by atoms with Crippen LogP contribution in [0.2, 0.25) is 0 Å². The molecule has 7 heteroatoms. The average molecular weight is 291 g/mol. The maximum Gasteiger partial charge on any atom is 0.272 e. The minimum Gasteiger partial charge on any atom is -0.364 e. The van der Waals surface area contributed by atoms with Gasteiger partial charge in [-0.05, 0) is 18.8 Å². The highest BCUT2D eigenvalue weighted by molar-refractivity contribution is 6.04. The van der Waals surface area contributed by atoms with Crippen molar-refractivity contribution in [2.45, 2.75) is 38.1 Å². The number of hydrogen-bond donors (Lipinski definition) is 3. The normalized spacial score (nSPS) is 17.2. The van der Waals surface area contributed by atoms with E-state index in [9.17, 15) is 9.59 Å². The third kappa shape index (κ3) is 3.75. The van der Waals surface area contributed by atoms with Crippen LogP contribution in [0, 0.1) is 5.92 Å². The molecule has 1 aliphatic carbocycles. The molecule has 0 bridgehead atoms. The lowest BCUT2D eigenvalue weighted by molar-refractivity contribution is 0.0896. The zero-order valence-corrected chi connectivity index (χ0v) is 11.9. The van der Waals surface area contributed by atoms with Gasteiger partial charge < -0.3 is 16.8 Å². The van der Waals surface area contributed by atoms with Gasteiger partial charge in [0, 0.05) is 25.0 Å². The molecular formula is C14H21N5O2. The highest BCUT2D eigenvalue weighted by Gasteiger charge is 2.26. The van der Waals surface area contributed by atoms with Crippen LogP contribution in [0.4, 0.5) is 0 Å². The highest BCUT2D eigenvalue weighted by atomic mass is 16.2. The van der Waals surface area contributed by atoms with E-state index in [1.165, 1.54) is 18.8 Å². The SMILES string of the molecule is NCC(NC(=O)c1nccnc1C(N)=O)C1CCCCC1. The van der Waals surface area contributed by atoms with Gasteiger partial charge in [-0.25, -0.2) is 9.97 Å². The summed E-state index contributed by atoms with van der Waals surface area (Å²) < 4.78 is 0. The number of nitrogens with one attached hydrogen (secondary N) is 1.